The molecule has 1 aromatic heterocycles. The van der Waals surface area contributed by atoms with E-state index in [1.165, 1.54) is 12.5 Å². The average molecular weight is 189 g/mol. The molecule has 0 aromatic carbocycles. The summed E-state index contributed by atoms with van der Waals surface area (Å²) in [5.41, 5.74) is 0.416. The van der Waals surface area contributed by atoms with E-state index >= 15 is 0 Å². The molecule has 66 valence electrons. The van der Waals surface area contributed by atoms with Gasteiger partial charge < -0.3 is 4.18 Å². The highest BCUT2D eigenvalue weighted by Crippen LogP contribution is 2.12. The quantitative estimate of drug-likeness (QED) is 0.668. The molecule has 0 saturated carbocycles. The second-order valence-corrected chi connectivity index (χ2v) is 3.20. The molecule has 0 aliphatic rings. The lowest BCUT2D eigenvalue weighted by molar-refractivity contribution is 0.482. The molecule has 0 bridgehead atoms. The van der Waals surface area contributed by atoms with Gasteiger partial charge in [-0.05, 0) is 6.92 Å². The van der Waals surface area contributed by atoms with Crippen LogP contribution in [0.2, 0.25) is 0 Å². The number of rotatable bonds is 2. The second kappa shape index (κ2) is 3.03. The smallest absolute Gasteiger partial charge is 0.367 e. The molecule has 0 radical (unpaired) electrons. The van der Waals surface area contributed by atoms with Crippen molar-refractivity contribution in [1.82, 2.24) is 9.97 Å². The number of aromatic nitrogens is 2. The van der Waals surface area contributed by atoms with Crippen LogP contribution in [0.3, 0.4) is 0 Å². The summed E-state index contributed by atoms with van der Waals surface area (Å²) in [7, 11) is -3.98. The molecule has 2 N–H and O–H groups in total. The van der Waals surface area contributed by atoms with E-state index in [1.54, 1.807) is 6.92 Å². The summed E-state index contributed by atoms with van der Waals surface area (Å²) in [6, 6.07) is 0. The molecule has 0 unspecified atom stereocenters. The van der Waals surface area contributed by atoms with Gasteiger partial charge in [0.1, 0.15) is 6.33 Å². The Balaban J connectivity index is 2.98. The summed E-state index contributed by atoms with van der Waals surface area (Å²) in [6.07, 6.45) is 2.51. The number of nitrogens with two attached hydrogens (primary N) is 1. The standard InChI is InChI=1S/C5H7N3O3S/c1-4-5(2-7-3-8-4)11-12(6,9)10/h2-3H,1H3,(H2,6,9,10). The normalized spacial score (nSPS) is 11.2. The van der Waals surface area contributed by atoms with Crippen LogP contribution in [0.1, 0.15) is 5.69 Å². The van der Waals surface area contributed by atoms with Crippen molar-refractivity contribution in [3.63, 3.8) is 0 Å². The summed E-state index contributed by atoms with van der Waals surface area (Å²) < 4.78 is 25.3. The molecule has 0 spiro atoms. The molecule has 1 heterocycles. The maximum Gasteiger partial charge on any atom is 0.380 e. The molecule has 0 saturated heterocycles. The van der Waals surface area contributed by atoms with Gasteiger partial charge in [0, 0.05) is 0 Å². The third kappa shape index (κ3) is 2.44. The van der Waals surface area contributed by atoms with Gasteiger partial charge in [-0.15, -0.1) is 0 Å². The Labute approximate surface area is 69.7 Å². The fourth-order valence-electron chi connectivity index (χ4n) is 0.585. The SMILES string of the molecule is Cc1ncncc1OS(N)(=O)=O. The van der Waals surface area contributed by atoms with Gasteiger partial charge in [0.25, 0.3) is 0 Å². The third-order valence-corrected chi connectivity index (χ3v) is 1.48. The maximum absolute atomic E-state index is 10.5. The molecule has 7 heteroatoms. The summed E-state index contributed by atoms with van der Waals surface area (Å²) >= 11 is 0. The predicted molar refractivity (Wildman–Crippen MR) is 40.5 cm³/mol. The summed E-state index contributed by atoms with van der Waals surface area (Å²) in [4.78, 5) is 7.28. The molecule has 1 rings (SSSR count). The Kier molecular flexibility index (Phi) is 2.25. The molecule has 0 atom stereocenters. The average Bonchev–Trinajstić information content (AvgIpc) is 1.91. The Hall–Kier alpha value is -1.21. The monoisotopic (exact) mass is 189 g/mol. The van der Waals surface area contributed by atoms with E-state index in [0.717, 1.165) is 0 Å². The van der Waals surface area contributed by atoms with Crippen molar-refractivity contribution in [2.24, 2.45) is 5.14 Å². The lowest BCUT2D eigenvalue weighted by atomic mass is 10.4. The molecule has 0 fully saturated rings. The second-order valence-electron chi connectivity index (χ2n) is 2.05. The van der Waals surface area contributed by atoms with E-state index in [1.807, 2.05) is 0 Å². The first-order valence-electron chi connectivity index (χ1n) is 2.98. The van der Waals surface area contributed by atoms with Crippen molar-refractivity contribution in [2.75, 3.05) is 0 Å². The topological polar surface area (TPSA) is 95.2 Å². The maximum atomic E-state index is 10.5. The first-order valence-corrected chi connectivity index (χ1v) is 4.45. The van der Waals surface area contributed by atoms with Gasteiger partial charge in [-0.25, -0.2) is 9.97 Å². The third-order valence-electron chi connectivity index (χ3n) is 1.07. The summed E-state index contributed by atoms with van der Waals surface area (Å²) in [5, 5.41) is 4.63. The Morgan fingerprint density at radius 1 is 1.58 bits per heavy atom. The molecule has 6 nitrogen and oxygen atoms in total. The zero-order valence-corrected chi connectivity index (χ0v) is 7.08. The van der Waals surface area contributed by atoms with Crippen LogP contribution >= 0.6 is 0 Å². The Morgan fingerprint density at radius 2 is 2.25 bits per heavy atom. The molecule has 0 aliphatic carbocycles. The van der Waals surface area contributed by atoms with Crippen LogP contribution in [0.25, 0.3) is 0 Å². The highest BCUT2D eigenvalue weighted by Gasteiger charge is 2.07. The van der Waals surface area contributed by atoms with Gasteiger partial charge in [0.05, 0.1) is 11.9 Å². The van der Waals surface area contributed by atoms with E-state index in [0.29, 0.717) is 5.69 Å². The zero-order valence-electron chi connectivity index (χ0n) is 6.26. The van der Waals surface area contributed by atoms with Gasteiger partial charge in [-0.1, -0.05) is 0 Å². The van der Waals surface area contributed by atoms with Crippen LogP contribution < -0.4 is 9.32 Å². The van der Waals surface area contributed by atoms with Crippen LogP contribution in [0, 0.1) is 6.92 Å². The largest absolute Gasteiger partial charge is 0.380 e. The fourth-order valence-corrected chi connectivity index (χ4v) is 0.999. The van der Waals surface area contributed by atoms with E-state index in [2.05, 4.69) is 19.3 Å². The van der Waals surface area contributed by atoms with Gasteiger partial charge >= 0.3 is 10.3 Å². The van der Waals surface area contributed by atoms with Crippen molar-refractivity contribution < 1.29 is 12.6 Å². The van der Waals surface area contributed by atoms with Gasteiger partial charge in [0.15, 0.2) is 5.75 Å². The van der Waals surface area contributed by atoms with Crippen LogP contribution in [-0.4, -0.2) is 18.4 Å². The number of nitrogens with zero attached hydrogens (tertiary/aromatic N) is 2. The first-order chi connectivity index (χ1) is 5.49. The fraction of sp³-hybridized carbons (Fsp3) is 0.200. The van der Waals surface area contributed by atoms with E-state index < -0.39 is 10.3 Å². The van der Waals surface area contributed by atoms with Crippen LogP contribution in [0.15, 0.2) is 12.5 Å². The Bertz CT molecular complexity index is 375. The van der Waals surface area contributed by atoms with Gasteiger partial charge in [0.2, 0.25) is 0 Å². The van der Waals surface area contributed by atoms with Gasteiger partial charge in [-0.3, -0.25) is 0 Å². The molecule has 1 aromatic rings. The number of hydrogen-bond donors (Lipinski definition) is 1. The van der Waals surface area contributed by atoms with Crippen LogP contribution in [0.5, 0.6) is 5.75 Å². The van der Waals surface area contributed by atoms with Crippen molar-refractivity contribution in [3.8, 4) is 5.75 Å². The van der Waals surface area contributed by atoms with E-state index in [9.17, 15) is 8.42 Å². The minimum absolute atomic E-state index is 0.0417. The highest BCUT2D eigenvalue weighted by atomic mass is 32.2. The summed E-state index contributed by atoms with van der Waals surface area (Å²) in [6.45, 7) is 1.59. The minimum atomic E-state index is -3.98. The van der Waals surface area contributed by atoms with E-state index in [4.69, 9.17) is 0 Å². The lowest BCUT2D eigenvalue weighted by Crippen LogP contribution is -2.19. The summed E-state index contributed by atoms with van der Waals surface area (Å²) in [5.74, 6) is 0.0417. The van der Waals surface area contributed by atoms with Crippen LogP contribution in [0.4, 0.5) is 0 Å². The zero-order chi connectivity index (χ0) is 9.19. The van der Waals surface area contributed by atoms with Crippen molar-refractivity contribution in [3.05, 3.63) is 18.2 Å². The lowest BCUT2D eigenvalue weighted by Gasteiger charge is -2.02. The number of aryl methyl sites for hydroxylation is 1. The van der Waals surface area contributed by atoms with Crippen molar-refractivity contribution >= 4 is 10.3 Å². The molecule has 12 heavy (non-hydrogen) atoms. The molecule has 0 aliphatic heterocycles. The minimum Gasteiger partial charge on any atom is -0.367 e. The number of hydrogen-bond acceptors (Lipinski definition) is 5. The van der Waals surface area contributed by atoms with Crippen molar-refractivity contribution in [2.45, 2.75) is 6.92 Å². The Morgan fingerprint density at radius 3 is 2.75 bits per heavy atom. The van der Waals surface area contributed by atoms with E-state index in [-0.39, 0.29) is 5.75 Å². The van der Waals surface area contributed by atoms with Crippen molar-refractivity contribution in [1.29, 1.82) is 0 Å². The predicted octanol–water partition coefficient (Wildman–Crippen LogP) is -0.633. The first kappa shape index (κ1) is 8.88. The highest BCUT2D eigenvalue weighted by molar-refractivity contribution is 7.84. The molecular formula is C5H7N3O3S. The molecule has 0 amide bonds. The van der Waals surface area contributed by atoms with Gasteiger partial charge in [-0.2, -0.15) is 13.6 Å². The molecular weight excluding hydrogens is 182 g/mol. The van der Waals surface area contributed by atoms with Crippen LogP contribution in [-0.2, 0) is 10.3 Å².